The van der Waals surface area contributed by atoms with Crippen LogP contribution in [0.2, 0.25) is 0 Å². The quantitative estimate of drug-likeness (QED) is 0.603. The molecule has 4 nitrogen and oxygen atoms in total. The van der Waals surface area contributed by atoms with Crippen LogP contribution < -0.4 is 10.2 Å². The molecule has 0 radical (unpaired) electrons. The molecule has 0 heterocycles. The van der Waals surface area contributed by atoms with Crippen LogP contribution >= 0.6 is 11.6 Å². The second kappa shape index (κ2) is 4.69. The zero-order chi connectivity index (χ0) is 9.68. The predicted molar refractivity (Wildman–Crippen MR) is 49.0 cm³/mol. The van der Waals surface area contributed by atoms with E-state index in [-0.39, 0.29) is 0 Å². The van der Waals surface area contributed by atoms with E-state index >= 15 is 0 Å². The van der Waals surface area contributed by atoms with Gasteiger partial charge in [0.1, 0.15) is 5.75 Å². The van der Waals surface area contributed by atoms with Gasteiger partial charge in [0.25, 0.3) is 0 Å². The van der Waals surface area contributed by atoms with Crippen molar-refractivity contribution < 1.29 is 14.4 Å². The molecule has 0 bridgehead atoms. The van der Waals surface area contributed by atoms with E-state index in [9.17, 15) is 4.79 Å². The maximum absolute atomic E-state index is 10.3. The summed E-state index contributed by atoms with van der Waals surface area (Å²) in [6.45, 7) is 0. The lowest BCUT2D eigenvalue weighted by Crippen LogP contribution is -1.97. The van der Waals surface area contributed by atoms with E-state index in [1.54, 1.807) is 24.3 Å². The highest BCUT2D eigenvalue weighted by Gasteiger charge is 1.98. The third kappa shape index (κ3) is 3.31. The van der Waals surface area contributed by atoms with E-state index in [0.29, 0.717) is 5.75 Å². The average Bonchev–Trinajstić information content (AvgIpc) is 2.08. The fourth-order valence-corrected chi connectivity index (χ4v) is 0.891. The Kier molecular flexibility index (Phi) is 3.54. The van der Waals surface area contributed by atoms with Gasteiger partial charge in [0.2, 0.25) is 0 Å². The first kappa shape index (κ1) is 9.83. The number of rotatable bonds is 3. The lowest BCUT2D eigenvalue weighted by Gasteiger charge is -2.03. The first-order valence-electron chi connectivity index (χ1n) is 3.49. The van der Waals surface area contributed by atoms with Crippen LogP contribution in [0.3, 0.4) is 0 Å². The number of carbonyl (C=O) groups excluding carboxylic acids is 1. The fraction of sp³-hybridized carbons (Fsp3) is 0.125. The minimum atomic E-state index is -0.854. The van der Waals surface area contributed by atoms with Crippen molar-refractivity contribution in [2.75, 3.05) is 12.6 Å². The Morgan fingerprint density at radius 3 is 2.46 bits per heavy atom. The summed E-state index contributed by atoms with van der Waals surface area (Å²) in [5, 5.41) is 0. The van der Waals surface area contributed by atoms with E-state index in [1.165, 1.54) is 7.11 Å². The molecule has 1 N–H and O–H groups in total. The molecule has 0 fully saturated rings. The van der Waals surface area contributed by atoms with Crippen LogP contribution in [0.4, 0.5) is 10.5 Å². The first-order valence-corrected chi connectivity index (χ1v) is 3.86. The summed E-state index contributed by atoms with van der Waals surface area (Å²) in [4.78, 5) is 15.0. The molecular formula is C8H8ClNO3. The van der Waals surface area contributed by atoms with Crippen LogP contribution in [-0.4, -0.2) is 12.5 Å². The molecule has 0 saturated carbocycles. The minimum Gasteiger partial charge on any atom is -0.415 e. The largest absolute Gasteiger partial charge is 0.415 e. The summed E-state index contributed by atoms with van der Waals surface area (Å²) in [5.41, 5.74) is 2.52. The van der Waals surface area contributed by atoms with Gasteiger partial charge in [-0.3, -0.25) is 10.3 Å². The van der Waals surface area contributed by atoms with E-state index in [4.69, 9.17) is 11.6 Å². The SMILES string of the molecule is CONc1ccc(OC(=O)Cl)cc1. The van der Waals surface area contributed by atoms with Crippen molar-refractivity contribution in [3.05, 3.63) is 24.3 Å². The smallest absolute Gasteiger partial charge is 0.409 e. The van der Waals surface area contributed by atoms with Crippen molar-refractivity contribution in [3.63, 3.8) is 0 Å². The van der Waals surface area contributed by atoms with Crippen molar-refractivity contribution in [3.8, 4) is 5.75 Å². The van der Waals surface area contributed by atoms with Crippen LogP contribution in [0, 0.1) is 0 Å². The van der Waals surface area contributed by atoms with Gasteiger partial charge in [-0.25, -0.2) is 4.79 Å². The number of benzene rings is 1. The number of anilines is 1. The fourth-order valence-electron chi connectivity index (χ4n) is 0.802. The van der Waals surface area contributed by atoms with Crippen LogP contribution in [0.25, 0.3) is 0 Å². The van der Waals surface area contributed by atoms with Gasteiger partial charge < -0.3 is 4.74 Å². The van der Waals surface area contributed by atoms with Crippen molar-refractivity contribution in [2.45, 2.75) is 0 Å². The molecule has 0 spiro atoms. The number of hydrogen-bond donors (Lipinski definition) is 1. The molecule has 0 aromatic heterocycles. The highest BCUT2D eigenvalue weighted by atomic mass is 35.5. The van der Waals surface area contributed by atoms with Crippen LogP contribution in [0.1, 0.15) is 0 Å². The normalized spacial score (nSPS) is 9.38. The lowest BCUT2D eigenvalue weighted by atomic mass is 10.3. The molecule has 0 amide bonds. The summed E-state index contributed by atoms with van der Waals surface area (Å²) < 4.78 is 4.61. The molecular weight excluding hydrogens is 194 g/mol. The molecule has 0 aliphatic carbocycles. The minimum absolute atomic E-state index is 0.390. The van der Waals surface area contributed by atoms with Gasteiger partial charge in [0, 0.05) is 11.6 Å². The summed E-state index contributed by atoms with van der Waals surface area (Å²) in [7, 11) is 1.51. The van der Waals surface area contributed by atoms with E-state index in [2.05, 4.69) is 15.1 Å². The molecule has 70 valence electrons. The van der Waals surface area contributed by atoms with Crippen molar-refractivity contribution in [2.24, 2.45) is 0 Å². The van der Waals surface area contributed by atoms with Gasteiger partial charge in [0.05, 0.1) is 12.8 Å². The zero-order valence-electron chi connectivity index (χ0n) is 6.91. The Balaban J connectivity index is 2.64. The molecule has 1 aromatic rings. The van der Waals surface area contributed by atoms with Crippen LogP contribution in [0.15, 0.2) is 24.3 Å². The molecule has 0 unspecified atom stereocenters. The second-order valence-electron chi connectivity index (χ2n) is 2.17. The second-order valence-corrected chi connectivity index (χ2v) is 2.48. The third-order valence-electron chi connectivity index (χ3n) is 1.27. The molecule has 0 atom stereocenters. The first-order chi connectivity index (χ1) is 6.22. The Hall–Kier alpha value is -1.26. The van der Waals surface area contributed by atoms with Crippen LogP contribution in [0.5, 0.6) is 5.75 Å². The van der Waals surface area contributed by atoms with Crippen molar-refractivity contribution in [1.29, 1.82) is 0 Å². The summed E-state index contributed by atoms with van der Waals surface area (Å²) in [6, 6.07) is 6.58. The average molecular weight is 202 g/mol. The molecule has 0 saturated heterocycles. The van der Waals surface area contributed by atoms with Crippen LogP contribution in [-0.2, 0) is 4.84 Å². The molecule has 1 aromatic carbocycles. The number of ether oxygens (including phenoxy) is 1. The van der Waals surface area contributed by atoms with E-state index in [1.807, 2.05) is 0 Å². The Bertz CT molecular complexity index is 286. The summed E-state index contributed by atoms with van der Waals surface area (Å²) >= 11 is 5.01. The lowest BCUT2D eigenvalue weighted by molar-refractivity contribution is 0.225. The van der Waals surface area contributed by atoms with Gasteiger partial charge in [-0.15, -0.1) is 0 Å². The van der Waals surface area contributed by atoms with Gasteiger partial charge >= 0.3 is 5.43 Å². The summed E-state index contributed by atoms with van der Waals surface area (Å²) in [6.07, 6.45) is 0. The van der Waals surface area contributed by atoms with Crippen molar-refractivity contribution >= 4 is 22.7 Å². The number of nitrogens with one attached hydrogen (secondary N) is 1. The third-order valence-corrected chi connectivity index (χ3v) is 1.35. The van der Waals surface area contributed by atoms with Gasteiger partial charge in [-0.05, 0) is 24.3 Å². The molecule has 1 rings (SSSR count). The monoisotopic (exact) mass is 201 g/mol. The maximum Gasteiger partial charge on any atom is 0.409 e. The van der Waals surface area contributed by atoms with E-state index < -0.39 is 5.43 Å². The predicted octanol–water partition coefficient (Wildman–Crippen LogP) is 2.40. The van der Waals surface area contributed by atoms with E-state index in [0.717, 1.165) is 5.69 Å². The van der Waals surface area contributed by atoms with Gasteiger partial charge in [-0.1, -0.05) is 0 Å². The van der Waals surface area contributed by atoms with Gasteiger partial charge in [-0.2, -0.15) is 0 Å². The Morgan fingerprint density at radius 1 is 1.38 bits per heavy atom. The molecule has 5 heteroatoms. The Labute approximate surface area is 80.4 Å². The molecule has 0 aliphatic rings. The number of carbonyl (C=O) groups is 1. The number of hydrogen-bond acceptors (Lipinski definition) is 4. The molecule has 0 aliphatic heterocycles. The Morgan fingerprint density at radius 2 is 2.00 bits per heavy atom. The topological polar surface area (TPSA) is 47.6 Å². The highest BCUT2D eigenvalue weighted by Crippen LogP contribution is 2.16. The van der Waals surface area contributed by atoms with Gasteiger partial charge in [0.15, 0.2) is 0 Å². The van der Waals surface area contributed by atoms with Crippen molar-refractivity contribution in [1.82, 2.24) is 0 Å². The maximum atomic E-state index is 10.3. The summed E-state index contributed by atoms with van der Waals surface area (Å²) in [5.74, 6) is 0.390. The zero-order valence-corrected chi connectivity index (χ0v) is 7.67. The standard InChI is InChI=1S/C8H8ClNO3/c1-12-10-6-2-4-7(5-3-6)13-8(9)11/h2-5,10H,1H3. The highest BCUT2D eigenvalue weighted by molar-refractivity contribution is 6.61. The number of halogens is 1. The molecule has 13 heavy (non-hydrogen) atoms.